The quantitative estimate of drug-likeness (QED) is 0.547. The fourth-order valence-corrected chi connectivity index (χ4v) is 3.26. The van der Waals surface area contributed by atoms with Crippen LogP contribution in [0.25, 0.3) is 16.6 Å². The van der Waals surface area contributed by atoms with Crippen LogP contribution in [0.4, 0.5) is 0 Å². The van der Waals surface area contributed by atoms with E-state index in [0.29, 0.717) is 16.7 Å². The predicted octanol–water partition coefficient (Wildman–Crippen LogP) is 2.64. The molecule has 0 spiro atoms. The van der Waals surface area contributed by atoms with Crippen molar-refractivity contribution < 1.29 is 9.84 Å². The molecule has 0 aliphatic heterocycles. The maximum absolute atomic E-state index is 12.7. The third-order valence-corrected chi connectivity index (χ3v) is 4.56. The number of fused-ring (bicyclic) bond motifs is 1. The molecule has 1 N–H and O–H groups in total. The van der Waals surface area contributed by atoms with Crippen molar-refractivity contribution in [2.24, 2.45) is 0 Å². The fraction of sp³-hybridized carbons (Fsp3) is 0.227. The number of aryl methyl sites for hydroxylation is 2. The van der Waals surface area contributed by atoms with Gasteiger partial charge in [-0.3, -0.25) is 4.79 Å². The maximum atomic E-state index is 12.7. The highest BCUT2D eigenvalue weighted by atomic mass is 16.5. The van der Waals surface area contributed by atoms with Gasteiger partial charge in [-0.1, -0.05) is 24.3 Å². The van der Waals surface area contributed by atoms with E-state index in [1.54, 1.807) is 17.1 Å². The van der Waals surface area contributed by atoms with E-state index in [4.69, 9.17) is 4.74 Å². The largest absolute Gasteiger partial charge is 0.491 e. The Hall–Kier alpha value is -3.45. The van der Waals surface area contributed by atoms with Gasteiger partial charge in [-0.05, 0) is 49.2 Å². The molecular formula is C22H22N4O3. The lowest BCUT2D eigenvalue weighted by atomic mass is 10.1. The Kier molecular flexibility index (Phi) is 5.14. The van der Waals surface area contributed by atoms with Crippen molar-refractivity contribution in [2.75, 3.05) is 6.61 Å². The second-order valence-electron chi connectivity index (χ2n) is 7.13. The van der Waals surface area contributed by atoms with Crippen LogP contribution in [0.2, 0.25) is 0 Å². The highest BCUT2D eigenvalue weighted by molar-refractivity contribution is 5.76. The molecule has 1 unspecified atom stereocenters. The van der Waals surface area contributed by atoms with E-state index in [9.17, 15) is 9.90 Å². The van der Waals surface area contributed by atoms with Crippen LogP contribution in [0.5, 0.6) is 5.75 Å². The molecule has 29 heavy (non-hydrogen) atoms. The molecule has 2 aromatic carbocycles. The number of para-hydroxylation sites is 1. The summed E-state index contributed by atoms with van der Waals surface area (Å²) in [6.45, 7) is 4.07. The van der Waals surface area contributed by atoms with E-state index in [0.717, 1.165) is 16.8 Å². The van der Waals surface area contributed by atoms with E-state index in [2.05, 4.69) is 16.3 Å². The van der Waals surface area contributed by atoms with Gasteiger partial charge in [0.2, 0.25) is 0 Å². The Balaban J connectivity index is 1.50. The SMILES string of the molecule is Cc1cc(C)cc(OCC(O)Cn2ncc3cn(-c4ccccc4)nc3c2=O)c1. The number of rotatable bonds is 6. The van der Waals surface area contributed by atoms with Crippen molar-refractivity contribution in [1.82, 2.24) is 19.6 Å². The Labute approximate surface area is 167 Å². The number of hydrogen-bond donors (Lipinski definition) is 1. The minimum absolute atomic E-state index is 0.0256. The second kappa shape index (κ2) is 7.89. The van der Waals surface area contributed by atoms with Crippen molar-refractivity contribution in [3.8, 4) is 11.4 Å². The van der Waals surface area contributed by atoms with Crippen LogP contribution in [0.15, 0.2) is 65.7 Å². The van der Waals surface area contributed by atoms with Crippen LogP contribution in [-0.4, -0.2) is 37.4 Å². The summed E-state index contributed by atoms with van der Waals surface area (Å²) >= 11 is 0. The van der Waals surface area contributed by atoms with Gasteiger partial charge in [-0.2, -0.15) is 10.2 Å². The molecule has 7 nitrogen and oxygen atoms in total. The lowest BCUT2D eigenvalue weighted by Gasteiger charge is -2.14. The summed E-state index contributed by atoms with van der Waals surface area (Å²) in [5.74, 6) is 0.693. The molecule has 148 valence electrons. The van der Waals surface area contributed by atoms with Crippen LogP contribution in [0, 0.1) is 13.8 Å². The average molecular weight is 390 g/mol. The first-order chi connectivity index (χ1) is 14.0. The molecule has 2 aromatic heterocycles. The van der Waals surface area contributed by atoms with E-state index < -0.39 is 6.10 Å². The molecule has 4 rings (SSSR count). The van der Waals surface area contributed by atoms with Crippen LogP contribution < -0.4 is 10.3 Å². The van der Waals surface area contributed by atoms with Gasteiger partial charge in [0.15, 0.2) is 5.52 Å². The van der Waals surface area contributed by atoms with E-state index in [-0.39, 0.29) is 18.7 Å². The molecule has 0 saturated heterocycles. The second-order valence-corrected chi connectivity index (χ2v) is 7.13. The predicted molar refractivity (Wildman–Crippen MR) is 111 cm³/mol. The summed E-state index contributed by atoms with van der Waals surface area (Å²) in [7, 11) is 0. The number of benzene rings is 2. The average Bonchev–Trinajstić information content (AvgIpc) is 3.14. The lowest BCUT2D eigenvalue weighted by molar-refractivity contribution is 0.0881. The first-order valence-electron chi connectivity index (χ1n) is 9.40. The molecule has 1 atom stereocenters. The molecule has 0 aliphatic rings. The molecule has 2 heterocycles. The minimum atomic E-state index is -0.880. The summed E-state index contributed by atoms with van der Waals surface area (Å²) in [6.07, 6.45) is 2.47. The number of ether oxygens (including phenoxy) is 1. The Morgan fingerprint density at radius 1 is 1.10 bits per heavy atom. The number of aliphatic hydroxyl groups is 1. The van der Waals surface area contributed by atoms with Gasteiger partial charge >= 0.3 is 0 Å². The summed E-state index contributed by atoms with van der Waals surface area (Å²) in [5, 5.41) is 19.5. The van der Waals surface area contributed by atoms with Crippen molar-refractivity contribution in [3.63, 3.8) is 0 Å². The van der Waals surface area contributed by atoms with Crippen molar-refractivity contribution in [1.29, 1.82) is 0 Å². The third kappa shape index (κ3) is 4.20. The standard InChI is InChI=1S/C22H22N4O3/c1-15-8-16(2)10-20(9-15)29-14-19(27)13-26-22(28)21-17(11-23-26)12-25(24-21)18-6-4-3-5-7-18/h3-12,19,27H,13-14H2,1-2H3. The van der Waals surface area contributed by atoms with Gasteiger partial charge in [0, 0.05) is 11.6 Å². The molecule has 0 amide bonds. The molecule has 0 bridgehead atoms. The topological polar surface area (TPSA) is 82.2 Å². The summed E-state index contributed by atoms with van der Waals surface area (Å²) in [5.41, 5.74) is 3.00. The van der Waals surface area contributed by atoms with E-state index in [1.807, 2.05) is 56.3 Å². The first kappa shape index (κ1) is 18.9. The summed E-state index contributed by atoms with van der Waals surface area (Å²) in [6, 6.07) is 15.4. The highest BCUT2D eigenvalue weighted by Crippen LogP contribution is 2.16. The molecule has 0 fully saturated rings. The van der Waals surface area contributed by atoms with Crippen LogP contribution in [0.1, 0.15) is 11.1 Å². The van der Waals surface area contributed by atoms with Gasteiger partial charge in [0.1, 0.15) is 18.5 Å². The first-order valence-corrected chi connectivity index (χ1v) is 9.40. The third-order valence-electron chi connectivity index (χ3n) is 4.56. The maximum Gasteiger partial charge on any atom is 0.295 e. The Morgan fingerprint density at radius 2 is 1.83 bits per heavy atom. The summed E-state index contributed by atoms with van der Waals surface area (Å²) in [4.78, 5) is 12.7. The van der Waals surface area contributed by atoms with Crippen LogP contribution in [-0.2, 0) is 6.54 Å². The van der Waals surface area contributed by atoms with Gasteiger partial charge in [0.05, 0.1) is 18.4 Å². The molecule has 0 radical (unpaired) electrons. The van der Waals surface area contributed by atoms with E-state index in [1.165, 1.54) is 4.68 Å². The highest BCUT2D eigenvalue weighted by Gasteiger charge is 2.13. The number of hydrogen-bond acceptors (Lipinski definition) is 5. The zero-order valence-corrected chi connectivity index (χ0v) is 16.3. The zero-order chi connectivity index (χ0) is 20.4. The van der Waals surface area contributed by atoms with Gasteiger partial charge in [-0.15, -0.1) is 0 Å². The normalized spacial score (nSPS) is 12.2. The summed E-state index contributed by atoms with van der Waals surface area (Å²) < 4.78 is 8.55. The van der Waals surface area contributed by atoms with Crippen LogP contribution in [0.3, 0.4) is 0 Å². The minimum Gasteiger partial charge on any atom is -0.491 e. The fourth-order valence-electron chi connectivity index (χ4n) is 3.26. The molecule has 7 heteroatoms. The van der Waals surface area contributed by atoms with Gasteiger partial charge < -0.3 is 9.84 Å². The van der Waals surface area contributed by atoms with Gasteiger partial charge in [-0.25, -0.2) is 9.36 Å². The van der Waals surface area contributed by atoms with Gasteiger partial charge in [0.25, 0.3) is 5.56 Å². The van der Waals surface area contributed by atoms with Crippen molar-refractivity contribution >= 4 is 10.9 Å². The monoisotopic (exact) mass is 390 g/mol. The van der Waals surface area contributed by atoms with E-state index >= 15 is 0 Å². The number of nitrogens with zero attached hydrogens (tertiary/aromatic N) is 4. The number of aliphatic hydroxyl groups excluding tert-OH is 1. The Bertz CT molecular complexity index is 1180. The zero-order valence-electron chi connectivity index (χ0n) is 16.3. The molecule has 4 aromatic rings. The van der Waals surface area contributed by atoms with Crippen LogP contribution >= 0.6 is 0 Å². The molecule has 0 saturated carbocycles. The smallest absolute Gasteiger partial charge is 0.295 e. The van der Waals surface area contributed by atoms with Crippen molar-refractivity contribution in [2.45, 2.75) is 26.5 Å². The number of aromatic nitrogens is 4. The Morgan fingerprint density at radius 3 is 2.55 bits per heavy atom. The van der Waals surface area contributed by atoms with Crippen molar-refractivity contribution in [3.05, 3.63) is 82.4 Å². The molecular weight excluding hydrogens is 368 g/mol. The lowest BCUT2D eigenvalue weighted by Crippen LogP contribution is -2.32. The molecule has 0 aliphatic carbocycles.